The molecule has 0 N–H and O–H groups in total. The van der Waals surface area contributed by atoms with E-state index in [-0.39, 0.29) is 0 Å². The van der Waals surface area contributed by atoms with E-state index in [9.17, 15) is 14.4 Å². The summed E-state index contributed by atoms with van der Waals surface area (Å²) >= 11 is 0. The number of hydrogen-bond acceptors (Lipinski definition) is 5. The zero-order valence-electron chi connectivity index (χ0n) is 6.98. The van der Waals surface area contributed by atoms with Crippen LogP contribution in [-0.4, -0.2) is 25.0 Å². The molecule has 0 fully saturated rings. The van der Waals surface area contributed by atoms with Crippen molar-refractivity contribution in [2.24, 2.45) is 0 Å². The highest BCUT2D eigenvalue weighted by molar-refractivity contribution is 5.98. The van der Waals surface area contributed by atoms with E-state index < -0.39 is 17.9 Å². The monoisotopic (exact) mass is 184 g/mol. The second-order valence-electron chi connectivity index (χ2n) is 1.80. The molecule has 0 aromatic heterocycles. The molecule has 0 amide bonds. The number of methoxy groups -OCH3 is 1. The van der Waals surface area contributed by atoms with Crippen molar-refractivity contribution < 1.29 is 23.9 Å². The molecule has 0 unspecified atom stereocenters. The minimum absolute atomic E-state index is 0.706. The van der Waals surface area contributed by atoms with Gasteiger partial charge >= 0.3 is 17.9 Å². The first kappa shape index (κ1) is 11.1. The normalized spacial score (nSPS) is 9.31. The van der Waals surface area contributed by atoms with Crippen LogP contribution in [0.5, 0.6) is 0 Å². The fourth-order valence-corrected chi connectivity index (χ4v) is 0.379. The van der Waals surface area contributed by atoms with Gasteiger partial charge in [0.15, 0.2) is 0 Å². The number of esters is 3. The highest BCUT2D eigenvalue weighted by Crippen LogP contribution is 1.85. The molecule has 0 atom stereocenters. The highest BCUT2D eigenvalue weighted by Gasteiger charge is 2.03. The van der Waals surface area contributed by atoms with E-state index in [1.807, 2.05) is 0 Å². The van der Waals surface area contributed by atoms with Crippen LogP contribution in [0.2, 0.25) is 0 Å². The first-order valence-corrected chi connectivity index (χ1v) is 3.24. The Balaban J connectivity index is 4.01. The largest absolute Gasteiger partial charge is 0.466 e. The van der Waals surface area contributed by atoms with Gasteiger partial charge in [-0.15, -0.1) is 0 Å². The van der Waals surface area contributed by atoms with Crippen LogP contribution in [0.25, 0.3) is 0 Å². The third-order valence-corrected chi connectivity index (χ3v) is 0.925. The van der Waals surface area contributed by atoms with E-state index in [1.54, 1.807) is 0 Å². The summed E-state index contributed by atoms with van der Waals surface area (Å²) in [6, 6.07) is 0. The molecule has 5 heteroatoms. The molecule has 0 aliphatic carbocycles. The molecule has 0 aromatic rings. The summed E-state index contributed by atoms with van der Waals surface area (Å²) in [5.41, 5.74) is 0. The van der Waals surface area contributed by atoms with Gasteiger partial charge in [-0.1, -0.05) is 6.58 Å². The molecule has 0 rings (SSSR count). The maximum Gasteiger partial charge on any atom is 0.338 e. The van der Waals surface area contributed by atoms with Gasteiger partial charge in [-0.2, -0.15) is 0 Å². The SMILES string of the molecule is C=CC(=O)OC(=O)/C=C\C(=O)OC. The summed E-state index contributed by atoms with van der Waals surface area (Å²) in [4.78, 5) is 31.5. The van der Waals surface area contributed by atoms with Gasteiger partial charge in [0.25, 0.3) is 0 Å². The molecule has 0 aromatic carbocycles. The number of carbonyl (C=O) groups excluding carboxylic acids is 3. The Bertz CT molecular complexity index is 264. The Kier molecular flexibility index (Phi) is 4.87. The van der Waals surface area contributed by atoms with Crippen molar-refractivity contribution in [1.29, 1.82) is 0 Å². The molecule has 0 heterocycles. The summed E-state index contributed by atoms with van der Waals surface area (Å²) in [6.07, 6.45) is 2.47. The van der Waals surface area contributed by atoms with Crippen molar-refractivity contribution in [3.63, 3.8) is 0 Å². The molecule has 0 aliphatic heterocycles. The molecular weight excluding hydrogens is 176 g/mol. The van der Waals surface area contributed by atoms with Crippen molar-refractivity contribution in [2.45, 2.75) is 0 Å². The smallest absolute Gasteiger partial charge is 0.338 e. The Morgan fingerprint density at radius 2 is 1.62 bits per heavy atom. The Morgan fingerprint density at radius 1 is 1.08 bits per heavy atom. The number of rotatable bonds is 3. The van der Waals surface area contributed by atoms with Gasteiger partial charge < -0.3 is 9.47 Å². The molecule has 5 nitrogen and oxygen atoms in total. The van der Waals surface area contributed by atoms with E-state index in [2.05, 4.69) is 16.1 Å². The fraction of sp³-hybridized carbons (Fsp3) is 0.125. The summed E-state index contributed by atoms with van der Waals surface area (Å²) in [6.45, 7) is 3.08. The van der Waals surface area contributed by atoms with Crippen molar-refractivity contribution in [2.75, 3.05) is 7.11 Å². The second-order valence-corrected chi connectivity index (χ2v) is 1.80. The average Bonchev–Trinajstić information content (AvgIpc) is 2.13. The molecule has 0 saturated carbocycles. The Hall–Kier alpha value is -1.91. The van der Waals surface area contributed by atoms with Crippen LogP contribution in [-0.2, 0) is 23.9 Å². The summed E-state index contributed by atoms with van der Waals surface area (Å²) < 4.78 is 8.30. The first-order valence-electron chi connectivity index (χ1n) is 3.24. The standard InChI is InChI=1S/C8H8O5/c1-3-6(9)13-8(11)5-4-7(10)12-2/h3-5H,1H2,2H3/b5-4-. The Labute approximate surface area is 74.6 Å². The first-order chi connectivity index (χ1) is 6.10. The fourth-order valence-electron chi connectivity index (χ4n) is 0.379. The van der Waals surface area contributed by atoms with E-state index in [4.69, 9.17) is 0 Å². The average molecular weight is 184 g/mol. The number of hydrogen-bond donors (Lipinski definition) is 0. The summed E-state index contributed by atoms with van der Waals surface area (Å²) in [5.74, 6) is -2.53. The third kappa shape index (κ3) is 5.37. The van der Waals surface area contributed by atoms with Gasteiger partial charge in [-0.05, 0) is 0 Å². The van der Waals surface area contributed by atoms with Crippen molar-refractivity contribution in [3.05, 3.63) is 24.8 Å². The number of carbonyl (C=O) groups is 3. The highest BCUT2D eigenvalue weighted by atomic mass is 16.6. The lowest BCUT2D eigenvalue weighted by atomic mass is 10.5. The summed E-state index contributed by atoms with van der Waals surface area (Å²) in [7, 11) is 1.16. The van der Waals surface area contributed by atoms with E-state index in [1.165, 1.54) is 0 Å². The molecular formula is C8H8O5. The van der Waals surface area contributed by atoms with Crippen LogP contribution in [0.4, 0.5) is 0 Å². The predicted octanol–water partition coefficient (Wildman–Crippen LogP) is -0.0286. The Morgan fingerprint density at radius 3 is 2.08 bits per heavy atom. The van der Waals surface area contributed by atoms with E-state index in [0.717, 1.165) is 25.3 Å². The lowest BCUT2D eigenvalue weighted by molar-refractivity contribution is -0.152. The van der Waals surface area contributed by atoms with E-state index >= 15 is 0 Å². The summed E-state index contributed by atoms with van der Waals surface area (Å²) in [5, 5.41) is 0. The van der Waals surface area contributed by atoms with Crippen molar-refractivity contribution >= 4 is 17.9 Å². The third-order valence-electron chi connectivity index (χ3n) is 0.925. The lowest BCUT2D eigenvalue weighted by Crippen LogP contribution is -2.07. The van der Waals surface area contributed by atoms with Gasteiger partial charge in [0.1, 0.15) is 0 Å². The quantitative estimate of drug-likeness (QED) is 0.350. The van der Waals surface area contributed by atoms with Crippen LogP contribution in [0.1, 0.15) is 0 Å². The van der Waals surface area contributed by atoms with Crippen LogP contribution in [0.15, 0.2) is 24.8 Å². The zero-order valence-corrected chi connectivity index (χ0v) is 6.98. The van der Waals surface area contributed by atoms with Crippen LogP contribution in [0.3, 0.4) is 0 Å². The minimum atomic E-state index is -0.949. The van der Waals surface area contributed by atoms with Gasteiger partial charge in [0.2, 0.25) is 0 Å². The maximum absolute atomic E-state index is 10.6. The molecule has 0 spiro atoms. The van der Waals surface area contributed by atoms with Gasteiger partial charge in [-0.3, -0.25) is 0 Å². The molecule has 0 bridgehead atoms. The van der Waals surface area contributed by atoms with Crippen molar-refractivity contribution in [3.8, 4) is 0 Å². The topological polar surface area (TPSA) is 69.7 Å². The molecule has 70 valence electrons. The van der Waals surface area contributed by atoms with Crippen LogP contribution < -0.4 is 0 Å². The van der Waals surface area contributed by atoms with E-state index in [0.29, 0.717) is 0 Å². The van der Waals surface area contributed by atoms with Gasteiger partial charge in [-0.25, -0.2) is 14.4 Å². The van der Waals surface area contributed by atoms with Crippen LogP contribution >= 0.6 is 0 Å². The molecule has 0 aliphatic rings. The van der Waals surface area contributed by atoms with Gasteiger partial charge in [0, 0.05) is 18.2 Å². The maximum atomic E-state index is 10.6. The minimum Gasteiger partial charge on any atom is -0.466 e. The predicted molar refractivity (Wildman–Crippen MR) is 42.5 cm³/mol. The lowest BCUT2D eigenvalue weighted by Gasteiger charge is -1.92. The molecule has 13 heavy (non-hydrogen) atoms. The zero-order chi connectivity index (χ0) is 10.3. The van der Waals surface area contributed by atoms with Crippen LogP contribution in [0, 0.1) is 0 Å². The number of ether oxygens (including phenoxy) is 2. The van der Waals surface area contributed by atoms with Crippen molar-refractivity contribution in [1.82, 2.24) is 0 Å². The van der Waals surface area contributed by atoms with Gasteiger partial charge in [0.05, 0.1) is 7.11 Å². The molecule has 0 radical (unpaired) electrons. The molecule has 0 saturated heterocycles. The second kappa shape index (κ2) is 5.70.